The first-order chi connectivity index (χ1) is 11.6. The van der Waals surface area contributed by atoms with E-state index in [0.29, 0.717) is 28.8 Å². The number of hydrogen-bond donors (Lipinski definition) is 1. The fraction of sp³-hybridized carbons (Fsp3) is 0.471. The van der Waals surface area contributed by atoms with Gasteiger partial charge in [-0.15, -0.1) is 0 Å². The number of para-hydroxylation sites is 1. The molecule has 1 aliphatic rings. The maximum Gasteiger partial charge on any atom is 0.255 e. The summed E-state index contributed by atoms with van der Waals surface area (Å²) in [5.74, 6) is 1.71. The molecule has 1 N–H and O–H groups in total. The number of hydrogen-bond acceptors (Lipinski definition) is 6. The number of carbonyl (C=O) groups is 1. The van der Waals surface area contributed by atoms with Crippen molar-refractivity contribution in [3.05, 3.63) is 35.5 Å². The minimum absolute atomic E-state index is 0.241. The van der Waals surface area contributed by atoms with E-state index in [1.807, 2.05) is 0 Å². The van der Waals surface area contributed by atoms with Gasteiger partial charge < -0.3 is 19.3 Å². The van der Waals surface area contributed by atoms with Crippen molar-refractivity contribution in [2.24, 2.45) is 0 Å². The predicted octanol–water partition coefficient (Wildman–Crippen LogP) is 2.59. The molecule has 0 atom stereocenters. The van der Waals surface area contributed by atoms with Crippen molar-refractivity contribution in [1.82, 2.24) is 15.5 Å². The van der Waals surface area contributed by atoms with Crippen LogP contribution < -0.4 is 14.8 Å². The molecule has 1 fully saturated rings. The lowest BCUT2D eigenvalue weighted by Gasteiger charge is -2.27. The zero-order valence-corrected chi connectivity index (χ0v) is 14.1. The molecule has 1 heterocycles. The van der Waals surface area contributed by atoms with Crippen LogP contribution in [0.1, 0.15) is 47.8 Å². The highest BCUT2D eigenvalue weighted by Crippen LogP contribution is 2.38. The molecule has 1 aromatic carbocycles. The second-order valence-electron chi connectivity index (χ2n) is 5.92. The van der Waals surface area contributed by atoms with Crippen molar-refractivity contribution in [2.45, 2.75) is 38.1 Å². The van der Waals surface area contributed by atoms with Crippen LogP contribution in [0, 0.1) is 6.92 Å². The summed E-state index contributed by atoms with van der Waals surface area (Å²) < 4.78 is 15.7. The summed E-state index contributed by atoms with van der Waals surface area (Å²) >= 11 is 0. The average Bonchev–Trinajstić information content (AvgIpc) is 3.23. The number of amides is 1. The number of benzene rings is 1. The molecule has 0 radical (unpaired) electrons. The Hall–Kier alpha value is -2.57. The molecule has 1 saturated carbocycles. The van der Waals surface area contributed by atoms with E-state index < -0.39 is 5.54 Å². The average molecular weight is 331 g/mol. The highest BCUT2D eigenvalue weighted by molar-refractivity contribution is 5.98. The quantitative estimate of drug-likeness (QED) is 0.906. The smallest absolute Gasteiger partial charge is 0.255 e. The fourth-order valence-corrected chi connectivity index (χ4v) is 3.23. The third kappa shape index (κ3) is 2.81. The molecule has 7 heteroatoms. The third-order valence-corrected chi connectivity index (χ3v) is 4.41. The summed E-state index contributed by atoms with van der Waals surface area (Å²) in [6.07, 6.45) is 3.57. The lowest BCUT2D eigenvalue weighted by Crippen LogP contribution is -2.44. The van der Waals surface area contributed by atoms with Gasteiger partial charge in [-0.3, -0.25) is 4.79 Å². The highest BCUT2D eigenvalue weighted by Gasteiger charge is 2.41. The van der Waals surface area contributed by atoms with Gasteiger partial charge >= 0.3 is 0 Å². The number of aromatic nitrogens is 2. The van der Waals surface area contributed by atoms with Crippen molar-refractivity contribution in [1.29, 1.82) is 0 Å². The van der Waals surface area contributed by atoms with E-state index in [1.165, 1.54) is 7.11 Å². The summed E-state index contributed by atoms with van der Waals surface area (Å²) in [6.45, 7) is 1.74. The summed E-state index contributed by atoms with van der Waals surface area (Å²) in [4.78, 5) is 17.2. The van der Waals surface area contributed by atoms with Crippen molar-refractivity contribution < 1.29 is 18.8 Å². The lowest BCUT2D eigenvalue weighted by atomic mass is 9.95. The van der Waals surface area contributed by atoms with Gasteiger partial charge in [0.2, 0.25) is 5.89 Å². The zero-order chi connectivity index (χ0) is 17.2. The molecule has 1 aromatic heterocycles. The third-order valence-electron chi connectivity index (χ3n) is 4.41. The molecule has 1 amide bonds. The van der Waals surface area contributed by atoms with Crippen LogP contribution in [0.2, 0.25) is 0 Å². The summed E-state index contributed by atoms with van der Waals surface area (Å²) in [5, 5.41) is 7.14. The number of nitrogens with zero attached hydrogens (tertiary/aromatic N) is 2. The van der Waals surface area contributed by atoms with E-state index in [-0.39, 0.29) is 5.91 Å². The molecule has 2 aromatic rings. The van der Waals surface area contributed by atoms with Gasteiger partial charge in [-0.1, -0.05) is 24.1 Å². The Labute approximate surface area is 140 Å². The SMILES string of the molecule is COc1cccc(C(=O)NC2(c3noc(C)n3)CCCC2)c1OC. The number of aryl methyl sites for hydroxylation is 1. The lowest BCUT2D eigenvalue weighted by molar-refractivity contribution is 0.0888. The molecule has 0 aliphatic heterocycles. The molecule has 3 rings (SSSR count). The van der Waals surface area contributed by atoms with Crippen molar-refractivity contribution in [2.75, 3.05) is 14.2 Å². The molecular weight excluding hydrogens is 310 g/mol. The Bertz CT molecular complexity index is 735. The number of methoxy groups -OCH3 is 2. The van der Waals surface area contributed by atoms with Gasteiger partial charge in [0.15, 0.2) is 17.3 Å². The van der Waals surface area contributed by atoms with Crippen molar-refractivity contribution in [3.63, 3.8) is 0 Å². The maximum absolute atomic E-state index is 12.9. The molecule has 0 bridgehead atoms. The van der Waals surface area contributed by atoms with E-state index in [9.17, 15) is 4.79 Å². The molecule has 7 nitrogen and oxygen atoms in total. The van der Waals surface area contributed by atoms with Gasteiger partial charge in [-0.05, 0) is 25.0 Å². The summed E-state index contributed by atoms with van der Waals surface area (Å²) in [6, 6.07) is 5.22. The van der Waals surface area contributed by atoms with Crippen LogP contribution in [0.3, 0.4) is 0 Å². The Morgan fingerprint density at radius 3 is 2.58 bits per heavy atom. The van der Waals surface area contributed by atoms with Crippen LogP contribution in [0.15, 0.2) is 22.7 Å². The minimum Gasteiger partial charge on any atom is -0.493 e. The highest BCUT2D eigenvalue weighted by atomic mass is 16.5. The first-order valence-electron chi connectivity index (χ1n) is 7.94. The Kier molecular flexibility index (Phi) is 4.42. The molecule has 128 valence electrons. The van der Waals surface area contributed by atoms with Crippen LogP contribution >= 0.6 is 0 Å². The Morgan fingerprint density at radius 2 is 2.00 bits per heavy atom. The standard InChI is InChI=1S/C17H21N3O4/c1-11-18-16(20-24-11)17(9-4-5-10-17)19-15(21)12-7-6-8-13(22-2)14(12)23-3/h6-8H,4-5,9-10H2,1-3H3,(H,19,21). The van der Waals surface area contributed by atoms with E-state index in [2.05, 4.69) is 15.5 Å². The van der Waals surface area contributed by atoms with Gasteiger partial charge in [-0.25, -0.2) is 0 Å². The number of nitrogens with one attached hydrogen (secondary N) is 1. The topological polar surface area (TPSA) is 86.5 Å². The van der Waals surface area contributed by atoms with Crippen LogP contribution in [-0.2, 0) is 5.54 Å². The number of ether oxygens (including phenoxy) is 2. The number of rotatable bonds is 5. The first kappa shape index (κ1) is 16.3. The molecule has 24 heavy (non-hydrogen) atoms. The second-order valence-corrected chi connectivity index (χ2v) is 5.92. The van der Waals surface area contributed by atoms with E-state index in [0.717, 1.165) is 25.7 Å². The molecule has 1 aliphatic carbocycles. The molecular formula is C17H21N3O4. The predicted molar refractivity (Wildman–Crippen MR) is 86.2 cm³/mol. The normalized spacial score (nSPS) is 16.0. The Morgan fingerprint density at radius 1 is 1.25 bits per heavy atom. The van der Waals surface area contributed by atoms with E-state index in [1.54, 1.807) is 32.2 Å². The fourth-order valence-electron chi connectivity index (χ4n) is 3.23. The zero-order valence-electron chi connectivity index (χ0n) is 14.1. The monoisotopic (exact) mass is 331 g/mol. The first-order valence-corrected chi connectivity index (χ1v) is 7.94. The summed E-state index contributed by atoms with van der Waals surface area (Å²) in [5.41, 5.74) is -0.175. The van der Waals surface area contributed by atoms with Gasteiger partial charge in [0.25, 0.3) is 5.91 Å². The second kappa shape index (κ2) is 6.51. The molecule has 0 spiro atoms. The minimum atomic E-state index is -0.594. The van der Waals surface area contributed by atoms with Crippen LogP contribution in [-0.4, -0.2) is 30.3 Å². The van der Waals surface area contributed by atoms with Gasteiger partial charge in [0, 0.05) is 6.92 Å². The van der Waals surface area contributed by atoms with E-state index in [4.69, 9.17) is 14.0 Å². The van der Waals surface area contributed by atoms with Crippen molar-refractivity contribution >= 4 is 5.91 Å². The molecule has 0 unspecified atom stereocenters. The van der Waals surface area contributed by atoms with Crippen LogP contribution in [0.4, 0.5) is 0 Å². The molecule has 0 saturated heterocycles. The van der Waals surface area contributed by atoms with Crippen LogP contribution in [0.25, 0.3) is 0 Å². The van der Waals surface area contributed by atoms with Gasteiger partial charge in [-0.2, -0.15) is 4.98 Å². The Balaban J connectivity index is 1.93. The summed E-state index contributed by atoms with van der Waals surface area (Å²) in [7, 11) is 3.06. The maximum atomic E-state index is 12.9. The van der Waals surface area contributed by atoms with Gasteiger partial charge in [0.1, 0.15) is 5.54 Å². The van der Waals surface area contributed by atoms with E-state index >= 15 is 0 Å². The van der Waals surface area contributed by atoms with Crippen molar-refractivity contribution in [3.8, 4) is 11.5 Å². The van der Waals surface area contributed by atoms with Crippen LogP contribution in [0.5, 0.6) is 11.5 Å². The number of carbonyl (C=O) groups excluding carboxylic acids is 1. The van der Waals surface area contributed by atoms with Gasteiger partial charge in [0.05, 0.1) is 19.8 Å². The largest absolute Gasteiger partial charge is 0.493 e.